The van der Waals surface area contributed by atoms with Gasteiger partial charge in [-0.15, -0.1) is 24.2 Å². The van der Waals surface area contributed by atoms with Crippen LogP contribution >= 0.6 is 24.2 Å². The summed E-state index contributed by atoms with van der Waals surface area (Å²) >= 11 is 1.59. The van der Waals surface area contributed by atoms with Gasteiger partial charge < -0.3 is 20.9 Å². The lowest BCUT2D eigenvalue weighted by atomic mass is 9.91. The summed E-state index contributed by atoms with van der Waals surface area (Å²) in [5.74, 6) is 1.67. The summed E-state index contributed by atoms with van der Waals surface area (Å²) in [5.41, 5.74) is 6.83. The highest BCUT2D eigenvalue weighted by Crippen LogP contribution is 2.29. The lowest BCUT2D eigenvalue weighted by Crippen LogP contribution is -2.43. The van der Waals surface area contributed by atoms with Crippen molar-refractivity contribution in [3.8, 4) is 0 Å². The minimum absolute atomic E-state index is 0. The van der Waals surface area contributed by atoms with Crippen LogP contribution in [0.3, 0.4) is 0 Å². The van der Waals surface area contributed by atoms with Crippen LogP contribution in [-0.4, -0.2) is 45.2 Å². The third-order valence-electron chi connectivity index (χ3n) is 4.74. The fraction of sp³-hybridized carbons (Fsp3) is 0.471. The van der Waals surface area contributed by atoms with Crippen LogP contribution in [0.25, 0.3) is 11.0 Å². The van der Waals surface area contributed by atoms with E-state index in [1.807, 2.05) is 23.4 Å². The van der Waals surface area contributed by atoms with E-state index < -0.39 is 0 Å². The second kappa shape index (κ2) is 8.28. The van der Waals surface area contributed by atoms with Crippen molar-refractivity contribution in [2.45, 2.75) is 37.8 Å². The Morgan fingerprint density at radius 2 is 2.27 bits per heavy atom. The molecule has 0 aromatic carbocycles. The molecule has 1 aliphatic carbocycles. The minimum Gasteiger partial charge on any atom is -0.349 e. The van der Waals surface area contributed by atoms with E-state index in [-0.39, 0.29) is 30.4 Å². The molecule has 1 aliphatic heterocycles. The molecule has 2 aromatic heterocycles. The summed E-state index contributed by atoms with van der Waals surface area (Å²) in [7, 11) is 0. The number of H-pyrrole nitrogens is 1. The summed E-state index contributed by atoms with van der Waals surface area (Å²) < 4.78 is 0. The van der Waals surface area contributed by atoms with Gasteiger partial charge >= 0.3 is 0 Å². The quantitative estimate of drug-likeness (QED) is 0.737. The van der Waals surface area contributed by atoms with Crippen LogP contribution in [0, 0.1) is 0 Å². The molecule has 4 rings (SSSR count). The van der Waals surface area contributed by atoms with Gasteiger partial charge in [0.25, 0.3) is 5.91 Å². The standard InChI is InChI=1S/C17H22N6OS.ClH/c18-11-2-1-3-12(8-11)22-17(24)14-9-23(6-7-25-14)16-13-4-5-19-15(13)20-10-21-16;/h4-5,9-12H,1-3,6-8,18H2,(H,22,24)(H,19,20,21);1H/t11-,12+;/m1./s1. The normalized spacial score (nSPS) is 23.3. The fourth-order valence-corrected chi connectivity index (χ4v) is 4.39. The molecule has 0 radical (unpaired) electrons. The second-order valence-electron chi connectivity index (χ2n) is 6.57. The zero-order valence-corrected chi connectivity index (χ0v) is 16.0. The number of nitrogens with two attached hydrogens (primary N) is 1. The number of aromatic amines is 1. The van der Waals surface area contributed by atoms with Gasteiger partial charge in [0.2, 0.25) is 0 Å². The second-order valence-corrected chi connectivity index (χ2v) is 7.71. The fourth-order valence-electron chi connectivity index (χ4n) is 3.49. The number of anilines is 1. The number of hydrogen-bond donors (Lipinski definition) is 3. The molecule has 7 nitrogen and oxygen atoms in total. The Morgan fingerprint density at radius 1 is 1.38 bits per heavy atom. The van der Waals surface area contributed by atoms with Crippen molar-refractivity contribution in [1.82, 2.24) is 20.3 Å². The number of rotatable bonds is 3. The van der Waals surface area contributed by atoms with Crippen LogP contribution < -0.4 is 16.0 Å². The summed E-state index contributed by atoms with van der Waals surface area (Å²) in [6.45, 7) is 0.813. The molecule has 4 N–H and O–H groups in total. The largest absolute Gasteiger partial charge is 0.349 e. The van der Waals surface area contributed by atoms with Gasteiger partial charge in [-0.2, -0.15) is 0 Å². The molecule has 9 heteroatoms. The molecule has 1 fully saturated rings. The van der Waals surface area contributed by atoms with E-state index in [9.17, 15) is 4.79 Å². The van der Waals surface area contributed by atoms with Crippen molar-refractivity contribution >= 4 is 46.9 Å². The maximum atomic E-state index is 12.7. The van der Waals surface area contributed by atoms with E-state index in [2.05, 4.69) is 20.3 Å². The molecule has 1 saturated carbocycles. The Balaban J connectivity index is 0.00000196. The van der Waals surface area contributed by atoms with Crippen molar-refractivity contribution in [3.05, 3.63) is 29.7 Å². The number of aromatic nitrogens is 3. The highest BCUT2D eigenvalue weighted by molar-refractivity contribution is 8.04. The van der Waals surface area contributed by atoms with E-state index in [1.165, 1.54) is 0 Å². The van der Waals surface area contributed by atoms with Crippen LogP contribution in [-0.2, 0) is 4.79 Å². The maximum absolute atomic E-state index is 12.7. The van der Waals surface area contributed by atoms with Gasteiger partial charge in [0.05, 0.1) is 10.3 Å². The average Bonchev–Trinajstić information content (AvgIpc) is 3.10. The molecule has 0 spiro atoms. The third-order valence-corrected chi connectivity index (χ3v) is 5.73. The maximum Gasteiger partial charge on any atom is 0.259 e. The van der Waals surface area contributed by atoms with Crippen molar-refractivity contribution in [2.24, 2.45) is 5.73 Å². The molecular weight excluding hydrogens is 372 g/mol. The predicted molar refractivity (Wildman–Crippen MR) is 107 cm³/mol. The molecule has 2 aliphatic rings. The van der Waals surface area contributed by atoms with Gasteiger partial charge in [-0.25, -0.2) is 9.97 Å². The highest BCUT2D eigenvalue weighted by Gasteiger charge is 2.25. The van der Waals surface area contributed by atoms with Crippen molar-refractivity contribution in [2.75, 3.05) is 17.2 Å². The van der Waals surface area contributed by atoms with Crippen LogP contribution in [0.2, 0.25) is 0 Å². The first kappa shape index (κ1) is 19.0. The van der Waals surface area contributed by atoms with Gasteiger partial charge in [-0.05, 0) is 31.7 Å². The van der Waals surface area contributed by atoms with E-state index in [1.54, 1.807) is 18.1 Å². The van der Waals surface area contributed by atoms with Gasteiger partial charge in [-0.3, -0.25) is 4.79 Å². The van der Waals surface area contributed by atoms with Crippen LogP contribution in [0.1, 0.15) is 25.7 Å². The molecule has 0 saturated heterocycles. The molecule has 0 bridgehead atoms. The lowest BCUT2D eigenvalue weighted by Gasteiger charge is -2.29. The van der Waals surface area contributed by atoms with Crippen molar-refractivity contribution in [3.63, 3.8) is 0 Å². The predicted octanol–water partition coefficient (Wildman–Crippen LogP) is 2.16. The van der Waals surface area contributed by atoms with Crippen LogP contribution in [0.15, 0.2) is 29.7 Å². The molecule has 3 heterocycles. The minimum atomic E-state index is -0.00633. The number of carbonyl (C=O) groups is 1. The summed E-state index contributed by atoms with van der Waals surface area (Å²) in [4.78, 5) is 27.2. The third kappa shape index (κ3) is 3.97. The average molecular weight is 395 g/mol. The molecule has 26 heavy (non-hydrogen) atoms. The number of fused-ring (bicyclic) bond motifs is 1. The van der Waals surface area contributed by atoms with Crippen molar-refractivity contribution in [1.29, 1.82) is 0 Å². The van der Waals surface area contributed by atoms with E-state index >= 15 is 0 Å². The monoisotopic (exact) mass is 394 g/mol. The first-order valence-electron chi connectivity index (χ1n) is 8.66. The molecule has 2 atom stereocenters. The van der Waals surface area contributed by atoms with Gasteiger partial charge in [0.15, 0.2) is 0 Å². The molecule has 2 aromatic rings. The lowest BCUT2D eigenvalue weighted by molar-refractivity contribution is -0.117. The van der Waals surface area contributed by atoms with Gasteiger partial charge in [-0.1, -0.05) is 0 Å². The molecule has 140 valence electrons. The smallest absolute Gasteiger partial charge is 0.259 e. The Hall–Kier alpha value is -1.77. The topological polar surface area (TPSA) is 99.9 Å². The van der Waals surface area contributed by atoms with E-state index in [4.69, 9.17) is 5.73 Å². The number of nitrogens with one attached hydrogen (secondary N) is 2. The number of hydrogen-bond acceptors (Lipinski definition) is 6. The zero-order chi connectivity index (χ0) is 17.2. The molecule has 0 unspecified atom stereocenters. The number of halogens is 1. The summed E-state index contributed by atoms with van der Waals surface area (Å²) in [5, 5.41) is 4.11. The van der Waals surface area contributed by atoms with E-state index in [0.29, 0.717) is 0 Å². The number of carbonyl (C=O) groups excluding carboxylic acids is 1. The van der Waals surface area contributed by atoms with Crippen LogP contribution in [0.5, 0.6) is 0 Å². The Morgan fingerprint density at radius 3 is 3.12 bits per heavy atom. The SMILES string of the molecule is Cl.N[C@@H]1CCC[C@H](NC(=O)C2=CN(c3ncnc4[nH]ccc34)CCS2)C1. The first-order chi connectivity index (χ1) is 12.2. The highest BCUT2D eigenvalue weighted by atomic mass is 35.5. The summed E-state index contributed by atoms with van der Waals surface area (Å²) in [6.07, 6.45) is 9.31. The number of nitrogens with zero attached hydrogens (tertiary/aromatic N) is 3. The van der Waals surface area contributed by atoms with Gasteiger partial charge in [0, 0.05) is 36.8 Å². The summed E-state index contributed by atoms with van der Waals surface area (Å²) in [6, 6.07) is 2.35. The Kier molecular flexibility index (Phi) is 6.05. The molecule has 1 amide bonds. The van der Waals surface area contributed by atoms with Gasteiger partial charge in [0.1, 0.15) is 17.8 Å². The van der Waals surface area contributed by atoms with E-state index in [0.717, 1.165) is 59.7 Å². The Bertz CT molecular complexity index is 809. The first-order valence-corrected chi connectivity index (χ1v) is 9.65. The zero-order valence-electron chi connectivity index (χ0n) is 14.4. The van der Waals surface area contributed by atoms with Crippen LogP contribution in [0.4, 0.5) is 5.82 Å². The number of amides is 1. The number of thioether (sulfide) groups is 1. The Labute approximate surface area is 162 Å². The molecular formula is C17H23ClN6OS. The van der Waals surface area contributed by atoms with Crippen molar-refractivity contribution < 1.29 is 4.79 Å².